The van der Waals surface area contributed by atoms with Crippen molar-refractivity contribution in [3.8, 4) is 5.69 Å². The molecule has 0 fully saturated rings. The van der Waals surface area contributed by atoms with Crippen molar-refractivity contribution in [3.63, 3.8) is 0 Å². The van der Waals surface area contributed by atoms with E-state index in [1.54, 1.807) is 12.3 Å². The van der Waals surface area contributed by atoms with Gasteiger partial charge in [-0.05, 0) is 35.9 Å². The number of nitrogens with one attached hydrogen (secondary N) is 1. The van der Waals surface area contributed by atoms with Crippen molar-refractivity contribution >= 4 is 11.6 Å². The molecule has 2 N–H and O–H groups in total. The van der Waals surface area contributed by atoms with E-state index >= 15 is 0 Å². The van der Waals surface area contributed by atoms with Gasteiger partial charge in [-0.15, -0.1) is 0 Å². The maximum absolute atomic E-state index is 14.1. The second kappa shape index (κ2) is 7.23. The van der Waals surface area contributed by atoms with Gasteiger partial charge in [0, 0.05) is 18.1 Å². The summed E-state index contributed by atoms with van der Waals surface area (Å²) in [5.41, 5.74) is 0.866. The summed E-state index contributed by atoms with van der Waals surface area (Å²) in [6, 6.07) is 9.64. The minimum absolute atomic E-state index is 0.262. The van der Waals surface area contributed by atoms with Crippen LogP contribution in [0.1, 0.15) is 18.1 Å². The van der Waals surface area contributed by atoms with E-state index in [9.17, 15) is 18.7 Å². The van der Waals surface area contributed by atoms with Crippen molar-refractivity contribution in [1.82, 2.24) is 9.55 Å². The van der Waals surface area contributed by atoms with E-state index < -0.39 is 23.6 Å². The van der Waals surface area contributed by atoms with Gasteiger partial charge in [0.15, 0.2) is 0 Å². The minimum atomic E-state index is -1.15. The average molecular weight is 343 g/mol. The zero-order valence-corrected chi connectivity index (χ0v) is 13.1. The highest BCUT2D eigenvalue weighted by molar-refractivity contribution is 5.91. The Kier molecular flexibility index (Phi) is 4.85. The number of carbonyl (C=O) groups is 1. The number of nitrogens with zero attached hydrogens (tertiary/aromatic N) is 2. The summed E-state index contributed by atoms with van der Waals surface area (Å²) in [6.45, 7) is 0. The number of hydrogen-bond donors (Lipinski definition) is 2. The number of hydrogen-bond acceptors (Lipinski definition) is 3. The van der Waals surface area contributed by atoms with Crippen molar-refractivity contribution in [1.29, 1.82) is 0 Å². The van der Waals surface area contributed by atoms with Crippen LogP contribution in [0.25, 0.3) is 5.69 Å². The summed E-state index contributed by atoms with van der Waals surface area (Å²) >= 11 is 0. The summed E-state index contributed by atoms with van der Waals surface area (Å²) < 4.78 is 28.8. The van der Waals surface area contributed by atoms with Crippen LogP contribution in [0.2, 0.25) is 0 Å². The number of imidazole rings is 1. The Morgan fingerprint density at radius 1 is 1.24 bits per heavy atom. The van der Waals surface area contributed by atoms with Crippen LogP contribution >= 0.6 is 0 Å². The zero-order valence-electron chi connectivity index (χ0n) is 13.1. The highest BCUT2D eigenvalue weighted by Crippen LogP contribution is 2.21. The number of amides is 1. The molecule has 1 heterocycles. The molecule has 0 aliphatic heterocycles. The van der Waals surface area contributed by atoms with E-state index in [2.05, 4.69) is 10.3 Å². The van der Waals surface area contributed by atoms with Gasteiger partial charge in [-0.25, -0.2) is 13.8 Å². The van der Waals surface area contributed by atoms with Crippen molar-refractivity contribution in [2.45, 2.75) is 12.5 Å². The zero-order chi connectivity index (χ0) is 17.8. The largest absolute Gasteiger partial charge is 0.388 e. The van der Waals surface area contributed by atoms with Crippen molar-refractivity contribution in [3.05, 3.63) is 78.4 Å². The number of anilines is 1. The quantitative estimate of drug-likeness (QED) is 0.747. The van der Waals surface area contributed by atoms with E-state index in [4.69, 9.17) is 0 Å². The third kappa shape index (κ3) is 4.07. The third-order valence-corrected chi connectivity index (χ3v) is 3.63. The summed E-state index contributed by atoms with van der Waals surface area (Å²) in [4.78, 5) is 15.9. The van der Waals surface area contributed by atoms with Gasteiger partial charge in [-0.2, -0.15) is 0 Å². The van der Waals surface area contributed by atoms with Gasteiger partial charge in [0.05, 0.1) is 24.5 Å². The molecule has 128 valence electrons. The number of carbonyl (C=O) groups excluding carboxylic acids is 1. The maximum atomic E-state index is 14.1. The van der Waals surface area contributed by atoms with Crippen LogP contribution in [0.4, 0.5) is 14.5 Å². The van der Waals surface area contributed by atoms with Crippen LogP contribution in [0.5, 0.6) is 0 Å². The first-order valence-electron chi connectivity index (χ1n) is 7.54. The van der Waals surface area contributed by atoms with Crippen LogP contribution in [0, 0.1) is 11.6 Å². The molecule has 0 aliphatic carbocycles. The van der Waals surface area contributed by atoms with E-state index in [0.717, 1.165) is 6.07 Å². The van der Waals surface area contributed by atoms with Crippen LogP contribution < -0.4 is 5.32 Å². The van der Waals surface area contributed by atoms with Gasteiger partial charge < -0.3 is 15.0 Å². The topological polar surface area (TPSA) is 67.2 Å². The van der Waals surface area contributed by atoms with Crippen LogP contribution in [0.15, 0.2) is 61.2 Å². The first-order valence-corrected chi connectivity index (χ1v) is 7.54. The van der Waals surface area contributed by atoms with Crippen molar-refractivity contribution < 1.29 is 18.7 Å². The Hall–Kier alpha value is -3.06. The predicted octanol–water partition coefficient (Wildman–Crippen LogP) is 3.21. The van der Waals surface area contributed by atoms with Crippen LogP contribution in [-0.2, 0) is 4.79 Å². The van der Waals surface area contributed by atoms with Gasteiger partial charge in [-0.1, -0.05) is 12.1 Å². The van der Waals surface area contributed by atoms with Gasteiger partial charge in [-0.3, -0.25) is 4.79 Å². The monoisotopic (exact) mass is 343 g/mol. The summed E-state index contributed by atoms with van der Waals surface area (Å²) in [7, 11) is 0. The molecule has 1 atom stereocenters. The molecule has 3 rings (SSSR count). The molecule has 1 amide bonds. The molecule has 3 aromatic rings. The summed E-state index contributed by atoms with van der Waals surface area (Å²) in [5.74, 6) is -1.53. The first kappa shape index (κ1) is 16.8. The molecule has 0 saturated carbocycles. The lowest BCUT2D eigenvalue weighted by Gasteiger charge is -2.12. The molecule has 5 nitrogen and oxygen atoms in total. The lowest BCUT2D eigenvalue weighted by atomic mass is 10.1. The standard InChI is InChI=1S/C18H15F2N3O2/c19-13-3-1-2-12(8-13)17(24)10-18(25)22-14-4-5-16(15(20)9-14)23-7-6-21-11-23/h1-9,11,17,24H,10H2,(H,22,25). The van der Waals surface area contributed by atoms with Crippen LogP contribution in [-0.4, -0.2) is 20.6 Å². The normalized spacial score (nSPS) is 12.0. The van der Waals surface area contributed by atoms with Crippen molar-refractivity contribution in [2.24, 2.45) is 0 Å². The average Bonchev–Trinajstić information content (AvgIpc) is 3.09. The number of halogens is 2. The second-order valence-corrected chi connectivity index (χ2v) is 5.46. The Morgan fingerprint density at radius 2 is 2.08 bits per heavy atom. The van der Waals surface area contributed by atoms with Crippen molar-refractivity contribution in [2.75, 3.05) is 5.32 Å². The van der Waals surface area contributed by atoms with Gasteiger partial charge in [0.2, 0.25) is 5.91 Å². The molecule has 7 heteroatoms. The van der Waals surface area contributed by atoms with E-state index in [1.165, 1.54) is 47.4 Å². The van der Waals surface area contributed by atoms with Gasteiger partial charge >= 0.3 is 0 Å². The highest BCUT2D eigenvalue weighted by Gasteiger charge is 2.14. The molecule has 1 aromatic heterocycles. The Labute approximate surface area is 142 Å². The Bertz CT molecular complexity index is 882. The number of aliphatic hydroxyl groups excluding tert-OH is 1. The Morgan fingerprint density at radius 3 is 2.76 bits per heavy atom. The molecular formula is C18H15F2N3O2. The number of aliphatic hydroxyl groups is 1. The summed E-state index contributed by atoms with van der Waals surface area (Å²) in [6.07, 6.45) is 3.18. The molecule has 0 bridgehead atoms. The maximum Gasteiger partial charge on any atom is 0.227 e. The fourth-order valence-electron chi connectivity index (χ4n) is 2.42. The second-order valence-electron chi connectivity index (χ2n) is 5.46. The summed E-state index contributed by atoms with van der Waals surface area (Å²) in [5, 5.41) is 12.5. The van der Waals surface area contributed by atoms with Gasteiger partial charge in [0.25, 0.3) is 0 Å². The molecule has 0 aliphatic rings. The Balaban J connectivity index is 1.66. The lowest BCUT2D eigenvalue weighted by Crippen LogP contribution is -2.16. The lowest BCUT2D eigenvalue weighted by molar-refractivity contribution is -0.118. The fraction of sp³-hybridized carbons (Fsp3) is 0.111. The molecule has 0 radical (unpaired) electrons. The number of rotatable bonds is 5. The SMILES string of the molecule is O=C(CC(O)c1cccc(F)c1)Nc1ccc(-n2ccnc2)c(F)c1. The highest BCUT2D eigenvalue weighted by atomic mass is 19.1. The molecular weight excluding hydrogens is 328 g/mol. The first-order chi connectivity index (χ1) is 12.0. The fourth-order valence-corrected chi connectivity index (χ4v) is 2.42. The van der Waals surface area contributed by atoms with E-state index in [1.807, 2.05) is 0 Å². The number of benzene rings is 2. The molecule has 2 aromatic carbocycles. The third-order valence-electron chi connectivity index (χ3n) is 3.63. The van der Waals surface area contributed by atoms with Gasteiger partial charge in [0.1, 0.15) is 11.6 Å². The smallest absolute Gasteiger partial charge is 0.227 e. The molecule has 1 unspecified atom stereocenters. The van der Waals surface area contributed by atoms with E-state index in [-0.39, 0.29) is 12.1 Å². The minimum Gasteiger partial charge on any atom is -0.388 e. The number of aromatic nitrogens is 2. The molecule has 0 spiro atoms. The predicted molar refractivity (Wildman–Crippen MR) is 88.1 cm³/mol. The molecule has 0 saturated heterocycles. The van der Waals surface area contributed by atoms with Crippen LogP contribution in [0.3, 0.4) is 0 Å². The molecule has 25 heavy (non-hydrogen) atoms. The van der Waals surface area contributed by atoms with E-state index in [0.29, 0.717) is 11.3 Å².